The highest BCUT2D eigenvalue weighted by Crippen LogP contribution is 2.03. The monoisotopic (exact) mass is 203 g/mol. The van der Waals surface area contributed by atoms with E-state index >= 15 is 0 Å². The predicted octanol–water partition coefficient (Wildman–Crippen LogP) is -0.744. The van der Waals surface area contributed by atoms with Crippen LogP contribution < -0.4 is 5.46 Å². The van der Waals surface area contributed by atoms with E-state index in [9.17, 15) is 0 Å². The maximum atomic E-state index is 8.91. The van der Waals surface area contributed by atoms with E-state index in [1.165, 1.54) is 6.20 Å². The van der Waals surface area contributed by atoms with Gasteiger partial charge in [-0.05, 0) is 19.1 Å². The molecule has 2 aromatic heterocycles. The van der Waals surface area contributed by atoms with Crippen molar-refractivity contribution in [1.29, 1.82) is 0 Å². The van der Waals surface area contributed by atoms with Crippen molar-refractivity contribution in [2.75, 3.05) is 0 Å². The van der Waals surface area contributed by atoms with E-state index in [0.29, 0.717) is 5.46 Å². The SMILES string of the molecule is Cc1ccc(-n2cc(B(O)O)cn2)cn1. The molecule has 0 atom stereocenters. The Kier molecular flexibility index (Phi) is 2.53. The molecule has 0 fully saturated rings. The molecule has 0 radical (unpaired) electrons. The number of hydrogen-bond donors (Lipinski definition) is 2. The average Bonchev–Trinajstić information content (AvgIpc) is 2.68. The Balaban J connectivity index is 2.33. The summed E-state index contributed by atoms with van der Waals surface area (Å²) in [6.07, 6.45) is 4.64. The van der Waals surface area contributed by atoms with E-state index in [-0.39, 0.29) is 0 Å². The molecule has 0 saturated carbocycles. The molecule has 0 unspecified atom stereocenters. The second-order valence-corrected chi connectivity index (χ2v) is 3.25. The van der Waals surface area contributed by atoms with Crippen LogP contribution in [0.3, 0.4) is 0 Å². The van der Waals surface area contributed by atoms with Gasteiger partial charge >= 0.3 is 7.12 Å². The van der Waals surface area contributed by atoms with Crippen LogP contribution in [0.1, 0.15) is 5.69 Å². The van der Waals surface area contributed by atoms with Crippen LogP contribution in [-0.2, 0) is 0 Å². The largest absolute Gasteiger partial charge is 0.491 e. The second-order valence-electron chi connectivity index (χ2n) is 3.25. The highest BCUT2D eigenvalue weighted by atomic mass is 16.4. The molecule has 0 aliphatic heterocycles. The zero-order chi connectivity index (χ0) is 10.8. The quantitative estimate of drug-likeness (QED) is 0.630. The van der Waals surface area contributed by atoms with Gasteiger partial charge in [0.05, 0.1) is 11.9 Å². The molecular formula is C9H10BN3O2. The predicted molar refractivity (Wildman–Crippen MR) is 55.9 cm³/mol. The van der Waals surface area contributed by atoms with Gasteiger partial charge in [-0.2, -0.15) is 5.10 Å². The van der Waals surface area contributed by atoms with Crippen LogP contribution >= 0.6 is 0 Å². The Hall–Kier alpha value is -1.66. The van der Waals surface area contributed by atoms with Crippen molar-refractivity contribution in [3.05, 3.63) is 36.4 Å². The maximum absolute atomic E-state index is 8.91. The lowest BCUT2D eigenvalue weighted by Gasteiger charge is -2.00. The summed E-state index contributed by atoms with van der Waals surface area (Å²) in [6.45, 7) is 1.90. The van der Waals surface area contributed by atoms with Gasteiger partial charge in [0.15, 0.2) is 0 Å². The van der Waals surface area contributed by atoms with E-state index in [1.54, 1.807) is 17.1 Å². The van der Waals surface area contributed by atoms with Crippen LogP contribution in [0.2, 0.25) is 0 Å². The van der Waals surface area contributed by atoms with Gasteiger partial charge in [0.2, 0.25) is 0 Å². The fourth-order valence-corrected chi connectivity index (χ4v) is 1.21. The molecule has 6 heteroatoms. The lowest BCUT2D eigenvalue weighted by molar-refractivity contribution is 0.426. The fraction of sp³-hybridized carbons (Fsp3) is 0.111. The van der Waals surface area contributed by atoms with Gasteiger partial charge in [0.1, 0.15) is 0 Å². The van der Waals surface area contributed by atoms with Gasteiger partial charge in [0.25, 0.3) is 0 Å². The lowest BCUT2D eigenvalue weighted by atomic mass is 9.83. The summed E-state index contributed by atoms with van der Waals surface area (Å²) < 4.78 is 1.54. The summed E-state index contributed by atoms with van der Waals surface area (Å²) in [5.74, 6) is 0. The summed E-state index contributed by atoms with van der Waals surface area (Å²) in [4.78, 5) is 4.12. The zero-order valence-corrected chi connectivity index (χ0v) is 8.20. The van der Waals surface area contributed by atoms with Crippen molar-refractivity contribution in [1.82, 2.24) is 14.8 Å². The molecule has 2 heterocycles. The summed E-state index contributed by atoms with van der Waals surface area (Å²) >= 11 is 0. The Morgan fingerprint density at radius 3 is 2.60 bits per heavy atom. The number of aromatic nitrogens is 3. The van der Waals surface area contributed by atoms with Gasteiger partial charge in [-0.3, -0.25) is 4.98 Å². The second kappa shape index (κ2) is 3.84. The van der Waals surface area contributed by atoms with Gasteiger partial charge in [-0.1, -0.05) is 0 Å². The number of pyridine rings is 1. The van der Waals surface area contributed by atoms with Crippen molar-refractivity contribution in [2.24, 2.45) is 0 Å². The molecule has 2 aromatic rings. The fourth-order valence-electron chi connectivity index (χ4n) is 1.21. The number of rotatable bonds is 2. The Morgan fingerprint density at radius 2 is 2.07 bits per heavy atom. The van der Waals surface area contributed by atoms with Crippen LogP contribution in [0.5, 0.6) is 0 Å². The smallest absolute Gasteiger partial charge is 0.423 e. The number of nitrogens with zero attached hydrogens (tertiary/aromatic N) is 3. The molecule has 15 heavy (non-hydrogen) atoms. The molecule has 2 rings (SSSR count). The van der Waals surface area contributed by atoms with Gasteiger partial charge < -0.3 is 10.0 Å². The number of aryl methyl sites for hydroxylation is 1. The average molecular weight is 203 g/mol. The minimum Gasteiger partial charge on any atom is -0.423 e. The first-order valence-electron chi connectivity index (χ1n) is 4.50. The molecule has 0 aliphatic rings. The summed E-state index contributed by atoms with van der Waals surface area (Å²) in [5.41, 5.74) is 2.07. The van der Waals surface area contributed by atoms with E-state index in [4.69, 9.17) is 10.0 Å². The van der Waals surface area contributed by atoms with E-state index in [1.807, 2.05) is 19.1 Å². The first-order valence-corrected chi connectivity index (χ1v) is 4.50. The lowest BCUT2D eigenvalue weighted by Crippen LogP contribution is -2.28. The molecule has 2 N–H and O–H groups in total. The Morgan fingerprint density at radius 1 is 1.27 bits per heavy atom. The third kappa shape index (κ3) is 2.06. The van der Waals surface area contributed by atoms with Crippen LogP contribution in [0.4, 0.5) is 0 Å². The third-order valence-corrected chi connectivity index (χ3v) is 2.06. The summed E-state index contributed by atoms with van der Waals surface area (Å²) in [5, 5.41) is 21.8. The molecular weight excluding hydrogens is 193 g/mol. The molecule has 76 valence electrons. The zero-order valence-electron chi connectivity index (χ0n) is 8.20. The third-order valence-electron chi connectivity index (χ3n) is 2.06. The van der Waals surface area contributed by atoms with Crippen molar-refractivity contribution in [3.8, 4) is 5.69 Å². The highest BCUT2D eigenvalue weighted by molar-refractivity contribution is 6.58. The Labute approximate surface area is 87.2 Å². The van der Waals surface area contributed by atoms with Crippen molar-refractivity contribution in [3.63, 3.8) is 0 Å². The van der Waals surface area contributed by atoms with Gasteiger partial charge in [0, 0.05) is 23.6 Å². The topological polar surface area (TPSA) is 71.2 Å². The van der Waals surface area contributed by atoms with Crippen LogP contribution in [0.25, 0.3) is 5.69 Å². The molecule has 0 amide bonds. The minimum atomic E-state index is -1.49. The van der Waals surface area contributed by atoms with Crippen molar-refractivity contribution in [2.45, 2.75) is 6.92 Å². The molecule has 0 bridgehead atoms. The number of hydrogen-bond acceptors (Lipinski definition) is 4. The van der Waals surface area contributed by atoms with E-state index in [0.717, 1.165) is 11.4 Å². The molecule has 0 spiro atoms. The van der Waals surface area contributed by atoms with E-state index in [2.05, 4.69) is 10.1 Å². The van der Waals surface area contributed by atoms with Gasteiger partial charge in [-0.25, -0.2) is 4.68 Å². The molecule has 0 aromatic carbocycles. The summed E-state index contributed by atoms with van der Waals surface area (Å²) in [7, 11) is -1.49. The molecule has 0 saturated heterocycles. The highest BCUT2D eigenvalue weighted by Gasteiger charge is 2.13. The Bertz CT molecular complexity index is 453. The maximum Gasteiger partial charge on any atom is 0.491 e. The van der Waals surface area contributed by atoms with Crippen LogP contribution in [0.15, 0.2) is 30.7 Å². The van der Waals surface area contributed by atoms with Crippen molar-refractivity contribution < 1.29 is 10.0 Å². The minimum absolute atomic E-state index is 0.357. The summed E-state index contributed by atoms with van der Waals surface area (Å²) in [6, 6.07) is 3.73. The first kappa shape index (κ1) is 9.88. The van der Waals surface area contributed by atoms with E-state index < -0.39 is 7.12 Å². The first-order chi connectivity index (χ1) is 7.16. The van der Waals surface area contributed by atoms with Crippen molar-refractivity contribution >= 4 is 12.6 Å². The van der Waals surface area contributed by atoms with Crippen LogP contribution in [-0.4, -0.2) is 31.9 Å². The van der Waals surface area contributed by atoms with Gasteiger partial charge in [-0.15, -0.1) is 0 Å². The normalized spacial score (nSPS) is 10.3. The molecule has 0 aliphatic carbocycles. The molecule has 5 nitrogen and oxygen atoms in total. The standard InChI is InChI=1S/C9H10BN3O2/c1-7-2-3-9(5-11-7)13-6-8(4-12-13)10(14)15/h2-6,14-15H,1H3. The van der Waals surface area contributed by atoms with Crippen LogP contribution in [0, 0.1) is 6.92 Å².